The lowest BCUT2D eigenvalue weighted by molar-refractivity contribution is -0.142. The van der Waals surface area contributed by atoms with E-state index in [0.29, 0.717) is 17.9 Å². The lowest BCUT2D eigenvalue weighted by Crippen LogP contribution is -2.42. The van der Waals surface area contributed by atoms with Gasteiger partial charge in [0.2, 0.25) is 0 Å². The maximum atomic E-state index is 13.2. The first-order valence-electron chi connectivity index (χ1n) is 10.7. The van der Waals surface area contributed by atoms with Crippen molar-refractivity contribution in [2.45, 2.75) is 30.8 Å². The molecule has 5 nitrogen and oxygen atoms in total. The molecule has 162 valence electrons. The van der Waals surface area contributed by atoms with Crippen LogP contribution in [0.2, 0.25) is 5.02 Å². The number of hydrogen-bond acceptors (Lipinski definition) is 3. The van der Waals surface area contributed by atoms with Crippen molar-refractivity contribution in [2.75, 3.05) is 6.61 Å². The van der Waals surface area contributed by atoms with Gasteiger partial charge in [-0.2, -0.15) is 0 Å². The van der Waals surface area contributed by atoms with Crippen LogP contribution >= 0.6 is 11.6 Å². The zero-order valence-corrected chi connectivity index (χ0v) is 18.0. The molecule has 6 heteroatoms. The van der Waals surface area contributed by atoms with Crippen molar-refractivity contribution in [2.24, 2.45) is 0 Å². The standard InChI is InChI=1S/C26H22ClNO4/c27-17-11-9-16(10-12-17)23-13-14-24(25(29)30)28(23)26(31)32-15-22-20-7-3-1-5-18(20)19-6-2-4-8-21(19)22/h1-12,22-24H,13-15H2,(H,29,30). The van der Waals surface area contributed by atoms with E-state index in [2.05, 4.69) is 24.3 Å². The van der Waals surface area contributed by atoms with Gasteiger partial charge in [-0.1, -0.05) is 72.3 Å². The molecule has 0 radical (unpaired) electrons. The van der Waals surface area contributed by atoms with E-state index in [1.165, 1.54) is 4.90 Å². The molecular weight excluding hydrogens is 426 g/mol. The number of hydrogen-bond donors (Lipinski definition) is 1. The average molecular weight is 448 g/mol. The van der Waals surface area contributed by atoms with Crippen molar-refractivity contribution >= 4 is 23.7 Å². The van der Waals surface area contributed by atoms with Gasteiger partial charge in [-0.25, -0.2) is 9.59 Å². The van der Waals surface area contributed by atoms with Crippen LogP contribution in [0, 0.1) is 0 Å². The van der Waals surface area contributed by atoms with E-state index in [4.69, 9.17) is 16.3 Å². The highest BCUT2D eigenvalue weighted by atomic mass is 35.5. The van der Waals surface area contributed by atoms with Gasteiger partial charge in [0, 0.05) is 10.9 Å². The third-order valence-electron chi connectivity index (χ3n) is 6.47. The number of carboxylic acids is 1. The van der Waals surface area contributed by atoms with Crippen LogP contribution < -0.4 is 0 Å². The molecule has 1 fully saturated rings. The highest BCUT2D eigenvalue weighted by Crippen LogP contribution is 2.45. The van der Waals surface area contributed by atoms with Crippen LogP contribution in [0.15, 0.2) is 72.8 Å². The van der Waals surface area contributed by atoms with Gasteiger partial charge in [-0.15, -0.1) is 0 Å². The van der Waals surface area contributed by atoms with Gasteiger partial charge in [0.25, 0.3) is 0 Å². The van der Waals surface area contributed by atoms with Crippen LogP contribution in [0.4, 0.5) is 4.79 Å². The number of carboxylic acid groups (broad SMARTS) is 1. The molecule has 2 atom stereocenters. The fraction of sp³-hybridized carbons (Fsp3) is 0.231. The van der Waals surface area contributed by atoms with E-state index >= 15 is 0 Å². The molecule has 0 saturated carbocycles. The normalized spacial score (nSPS) is 19.5. The molecule has 5 rings (SSSR count). The molecule has 0 bridgehead atoms. The molecule has 0 spiro atoms. The zero-order chi connectivity index (χ0) is 22.2. The Morgan fingerprint density at radius 1 is 0.906 bits per heavy atom. The number of rotatable bonds is 4. The quantitative estimate of drug-likeness (QED) is 0.542. The maximum absolute atomic E-state index is 13.2. The molecule has 1 heterocycles. The maximum Gasteiger partial charge on any atom is 0.411 e. The smallest absolute Gasteiger partial charge is 0.411 e. The number of ether oxygens (including phenoxy) is 1. The molecular formula is C26H22ClNO4. The number of carbonyl (C=O) groups excluding carboxylic acids is 1. The summed E-state index contributed by atoms with van der Waals surface area (Å²) >= 11 is 6.00. The predicted molar refractivity (Wildman–Crippen MR) is 122 cm³/mol. The molecule has 1 saturated heterocycles. The van der Waals surface area contributed by atoms with Gasteiger partial charge in [-0.3, -0.25) is 4.90 Å². The molecule has 0 aromatic heterocycles. The Morgan fingerprint density at radius 3 is 2.09 bits per heavy atom. The van der Waals surface area contributed by atoms with Crippen LogP contribution in [0.1, 0.15) is 41.5 Å². The second-order valence-corrected chi connectivity index (χ2v) is 8.65. The van der Waals surface area contributed by atoms with Crippen molar-refractivity contribution in [3.63, 3.8) is 0 Å². The Morgan fingerprint density at radius 2 is 1.50 bits per heavy atom. The van der Waals surface area contributed by atoms with Crippen molar-refractivity contribution < 1.29 is 19.4 Å². The molecule has 32 heavy (non-hydrogen) atoms. The SMILES string of the molecule is O=C(O)C1CCC(c2ccc(Cl)cc2)N1C(=O)OCC1c2ccccc2-c2ccccc21. The highest BCUT2D eigenvalue weighted by Gasteiger charge is 2.43. The Bertz CT molecular complexity index is 1130. The van der Waals surface area contributed by atoms with Crippen molar-refractivity contribution in [1.29, 1.82) is 0 Å². The van der Waals surface area contributed by atoms with Gasteiger partial charge >= 0.3 is 12.1 Å². The summed E-state index contributed by atoms with van der Waals surface area (Å²) in [4.78, 5) is 26.4. The summed E-state index contributed by atoms with van der Waals surface area (Å²) < 4.78 is 5.78. The third kappa shape index (κ3) is 3.53. The van der Waals surface area contributed by atoms with Gasteiger partial charge < -0.3 is 9.84 Å². The van der Waals surface area contributed by atoms with Crippen LogP contribution in [0.5, 0.6) is 0 Å². The number of likely N-dealkylation sites (tertiary alicyclic amines) is 1. The summed E-state index contributed by atoms with van der Waals surface area (Å²) in [5, 5.41) is 10.3. The summed E-state index contributed by atoms with van der Waals surface area (Å²) in [6, 6.07) is 22.1. The predicted octanol–water partition coefficient (Wildman–Crippen LogP) is 5.88. The number of fused-ring (bicyclic) bond motifs is 3. The molecule has 2 aliphatic rings. The molecule has 3 aromatic carbocycles. The third-order valence-corrected chi connectivity index (χ3v) is 6.72. The Kier molecular flexibility index (Phi) is 5.35. The zero-order valence-electron chi connectivity index (χ0n) is 17.3. The van der Waals surface area contributed by atoms with E-state index in [1.54, 1.807) is 12.1 Å². The van der Waals surface area contributed by atoms with E-state index in [0.717, 1.165) is 27.8 Å². The van der Waals surface area contributed by atoms with Crippen molar-refractivity contribution in [3.05, 3.63) is 94.5 Å². The summed E-state index contributed by atoms with van der Waals surface area (Å²) in [5.74, 6) is -1.10. The molecule has 1 N–H and O–H groups in total. The molecule has 1 amide bonds. The molecule has 2 unspecified atom stereocenters. The summed E-state index contributed by atoms with van der Waals surface area (Å²) in [5.41, 5.74) is 5.38. The minimum absolute atomic E-state index is 0.0776. The van der Waals surface area contributed by atoms with Crippen LogP contribution in [0.25, 0.3) is 11.1 Å². The van der Waals surface area contributed by atoms with Crippen LogP contribution in [0.3, 0.4) is 0 Å². The fourth-order valence-corrected chi connectivity index (χ4v) is 5.11. The van der Waals surface area contributed by atoms with Crippen LogP contribution in [-0.4, -0.2) is 34.7 Å². The number of carbonyl (C=O) groups is 2. The lowest BCUT2D eigenvalue weighted by atomic mass is 9.98. The minimum Gasteiger partial charge on any atom is -0.480 e. The van der Waals surface area contributed by atoms with E-state index in [-0.39, 0.29) is 18.6 Å². The number of aliphatic carboxylic acids is 1. The second kappa shape index (κ2) is 8.32. The van der Waals surface area contributed by atoms with Gasteiger partial charge in [0.15, 0.2) is 0 Å². The summed E-state index contributed by atoms with van der Waals surface area (Å²) in [6.07, 6.45) is 0.340. The number of nitrogens with zero attached hydrogens (tertiary/aromatic N) is 1. The number of benzene rings is 3. The topological polar surface area (TPSA) is 66.8 Å². The van der Waals surface area contributed by atoms with E-state index < -0.39 is 18.1 Å². The van der Waals surface area contributed by atoms with Crippen LogP contribution in [-0.2, 0) is 9.53 Å². The van der Waals surface area contributed by atoms with Gasteiger partial charge in [0.1, 0.15) is 12.6 Å². The Hall–Kier alpha value is -3.31. The first kappa shape index (κ1) is 20.6. The lowest BCUT2D eigenvalue weighted by Gasteiger charge is -2.28. The average Bonchev–Trinajstić information content (AvgIpc) is 3.38. The van der Waals surface area contributed by atoms with Gasteiger partial charge in [-0.05, 0) is 52.8 Å². The molecule has 1 aliphatic heterocycles. The highest BCUT2D eigenvalue weighted by molar-refractivity contribution is 6.30. The monoisotopic (exact) mass is 447 g/mol. The largest absolute Gasteiger partial charge is 0.480 e. The first-order chi connectivity index (χ1) is 15.5. The number of halogens is 1. The van der Waals surface area contributed by atoms with Gasteiger partial charge in [0.05, 0.1) is 6.04 Å². The Balaban J connectivity index is 1.39. The number of amides is 1. The first-order valence-corrected chi connectivity index (χ1v) is 11.0. The fourth-order valence-electron chi connectivity index (χ4n) is 4.99. The Labute approximate surface area is 191 Å². The summed E-state index contributed by atoms with van der Waals surface area (Å²) in [7, 11) is 0. The second-order valence-electron chi connectivity index (χ2n) is 8.21. The minimum atomic E-state index is -1.02. The van der Waals surface area contributed by atoms with E-state index in [1.807, 2.05) is 36.4 Å². The van der Waals surface area contributed by atoms with Crippen molar-refractivity contribution in [1.82, 2.24) is 4.90 Å². The van der Waals surface area contributed by atoms with E-state index in [9.17, 15) is 14.7 Å². The molecule has 1 aliphatic carbocycles. The van der Waals surface area contributed by atoms with Crippen molar-refractivity contribution in [3.8, 4) is 11.1 Å². The summed E-state index contributed by atoms with van der Waals surface area (Å²) in [6.45, 7) is 0.156. The molecule has 3 aromatic rings.